The van der Waals surface area contributed by atoms with E-state index in [4.69, 9.17) is 36.8 Å². The van der Waals surface area contributed by atoms with Gasteiger partial charge in [0.15, 0.2) is 6.23 Å². The summed E-state index contributed by atoms with van der Waals surface area (Å²) in [6, 6.07) is 1.25. The highest BCUT2D eigenvalue weighted by Crippen LogP contribution is 2.66. The zero-order valence-electron chi connectivity index (χ0n) is 14.8. The van der Waals surface area contributed by atoms with Gasteiger partial charge in [0.1, 0.15) is 22.9 Å². The Labute approximate surface area is 172 Å². The number of nitrogens with zero attached hydrogens (tertiary/aromatic N) is 2. The fourth-order valence-electron chi connectivity index (χ4n) is 2.43. The highest BCUT2D eigenvalue weighted by atomic mass is 35.5. The lowest BCUT2D eigenvalue weighted by Gasteiger charge is -2.26. The van der Waals surface area contributed by atoms with Gasteiger partial charge in [-0.2, -0.15) is 13.6 Å². The molecule has 2 rings (SSSR count). The Morgan fingerprint density at radius 1 is 1.27 bits per heavy atom. The second kappa shape index (κ2) is 8.68. The number of hydrogen-bond donors (Lipinski definition) is 6. The van der Waals surface area contributed by atoms with Gasteiger partial charge in [0.2, 0.25) is 0 Å². The van der Waals surface area contributed by atoms with Gasteiger partial charge < -0.3 is 35.2 Å². The van der Waals surface area contributed by atoms with Crippen molar-refractivity contribution in [3.05, 3.63) is 22.7 Å². The number of ether oxygens (including phenoxy) is 1. The lowest BCUT2D eigenvalue weighted by Crippen LogP contribution is -2.42. The number of aliphatic hydroxyl groups excluding tert-OH is 1. The number of hydrogen-bond acceptors (Lipinski definition) is 11. The molecule has 172 valence electrons. The first-order valence-electron chi connectivity index (χ1n) is 7.59. The fourth-order valence-corrected chi connectivity index (χ4v) is 5.75. The molecule has 0 amide bonds. The number of alkyl halides is 1. The van der Waals surface area contributed by atoms with E-state index in [1.165, 1.54) is 19.2 Å². The summed E-state index contributed by atoms with van der Waals surface area (Å²) in [4.78, 5) is 49.4. The second-order valence-corrected chi connectivity index (χ2v) is 11.3. The minimum Gasteiger partial charge on any atom is -0.388 e. The minimum atomic E-state index is -5.71. The van der Waals surface area contributed by atoms with Gasteiger partial charge in [-0.25, -0.2) is 18.5 Å². The summed E-state index contributed by atoms with van der Waals surface area (Å²) in [5.41, 5.74) is 4.52. The van der Waals surface area contributed by atoms with Crippen molar-refractivity contribution >= 4 is 40.9 Å². The average molecular weight is 516 g/mol. The second-order valence-electron chi connectivity index (χ2n) is 6.05. The molecule has 1 fully saturated rings. The van der Waals surface area contributed by atoms with Crippen LogP contribution in [0.2, 0.25) is 0 Å². The van der Waals surface area contributed by atoms with Gasteiger partial charge in [-0.05, 0) is 13.0 Å². The van der Waals surface area contributed by atoms with Crippen LogP contribution in [0.1, 0.15) is 13.2 Å². The van der Waals surface area contributed by atoms with Crippen molar-refractivity contribution in [2.45, 2.75) is 30.2 Å². The Balaban J connectivity index is 2.12. The molecular weight excluding hydrogens is 498 g/mol. The Hall–Kier alpha value is -0.700. The third kappa shape index (κ3) is 6.40. The number of halogens is 1. The first-order chi connectivity index (χ1) is 13.4. The van der Waals surface area contributed by atoms with E-state index in [2.05, 4.69) is 18.1 Å². The van der Waals surface area contributed by atoms with Crippen molar-refractivity contribution in [3.8, 4) is 0 Å². The number of anilines is 1. The average Bonchev–Trinajstić information content (AvgIpc) is 2.73. The molecule has 1 aromatic rings. The molecule has 6 atom stereocenters. The van der Waals surface area contributed by atoms with E-state index < -0.39 is 59.1 Å². The third-order valence-electron chi connectivity index (χ3n) is 3.64. The standard InChI is InChI=1S/C10H17ClN3O13P3/c1-10(11)7(15)5(25-8(10)14-3-2-6(12)13-9(14)16)4-24-29(20,21)27-30(22,23)26-28(17,18)19/h2-3,5,7-8,15H,4H2,1H3,(H,20,21)(H,22,23)(H2,12,13,16)(H2,17,18,19)/t5-,7-,8?,10-/m1/s1. The molecule has 0 aliphatic carbocycles. The van der Waals surface area contributed by atoms with Crippen molar-refractivity contribution in [2.75, 3.05) is 12.3 Å². The van der Waals surface area contributed by atoms with Crippen molar-refractivity contribution in [1.82, 2.24) is 9.55 Å². The van der Waals surface area contributed by atoms with E-state index in [-0.39, 0.29) is 5.82 Å². The van der Waals surface area contributed by atoms with Gasteiger partial charge >= 0.3 is 29.2 Å². The Kier molecular flexibility index (Phi) is 7.39. The predicted molar refractivity (Wildman–Crippen MR) is 96.9 cm³/mol. The van der Waals surface area contributed by atoms with E-state index >= 15 is 0 Å². The normalized spacial score (nSPS) is 31.2. The van der Waals surface area contributed by atoms with Crippen LogP contribution < -0.4 is 11.4 Å². The van der Waals surface area contributed by atoms with Gasteiger partial charge in [-0.1, -0.05) is 0 Å². The number of phosphoric acid groups is 3. The van der Waals surface area contributed by atoms with Gasteiger partial charge in [-0.3, -0.25) is 9.09 Å². The van der Waals surface area contributed by atoms with E-state index in [0.29, 0.717) is 0 Å². The summed E-state index contributed by atoms with van der Waals surface area (Å²) >= 11 is 6.25. The van der Waals surface area contributed by atoms with Crippen LogP contribution in [0, 0.1) is 0 Å². The first kappa shape index (κ1) is 25.6. The molecule has 2 heterocycles. The van der Waals surface area contributed by atoms with Gasteiger partial charge in [0.25, 0.3) is 0 Å². The minimum absolute atomic E-state index is 0.0877. The van der Waals surface area contributed by atoms with Crippen LogP contribution in [0.5, 0.6) is 0 Å². The van der Waals surface area contributed by atoms with Crippen LogP contribution in [0.15, 0.2) is 17.1 Å². The molecule has 0 spiro atoms. The van der Waals surface area contributed by atoms with Crippen LogP contribution in [0.3, 0.4) is 0 Å². The topological polar surface area (TPSA) is 250 Å². The Morgan fingerprint density at radius 2 is 1.87 bits per heavy atom. The fraction of sp³-hybridized carbons (Fsp3) is 0.600. The van der Waals surface area contributed by atoms with Crippen molar-refractivity contribution < 1.29 is 56.3 Å². The van der Waals surface area contributed by atoms with Gasteiger partial charge in [-0.15, -0.1) is 11.6 Å². The first-order valence-corrected chi connectivity index (χ1v) is 12.5. The molecule has 7 N–H and O–H groups in total. The monoisotopic (exact) mass is 515 g/mol. The molecule has 16 nitrogen and oxygen atoms in total. The summed E-state index contributed by atoms with van der Waals surface area (Å²) in [6.45, 7) is 0.332. The predicted octanol–water partition coefficient (Wildman–Crippen LogP) is -0.575. The lowest BCUT2D eigenvalue weighted by molar-refractivity contribution is -0.0460. The van der Waals surface area contributed by atoms with Crippen LogP contribution in [0.4, 0.5) is 5.82 Å². The van der Waals surface area contributed by atoms with Gasteiger partial charge in [0, 0.05) is 6.20 Å². The molecule has 1 aliphatic rings. The maximum atomic E-state index is 12.0. The summed E-state index contributed by atoms with van der Waals surface area (Å²) in [6.07, 6.45) is -3.19. The number of aliphatic hydroxyl groups is 1. The summed E-state index contributed by atoms with van der Waals surface area (Å²) in [5.74, 6) is -0.0877. The van der Waals surface area contributed by atoms with Crippen LogP contribution >= 0.6 is 35.1 Å². The quantitative estimate of drug-likeness (QED) is 0.187. The van der Waals surface area contributed by atoms with E-state index in [0.717, 1.165) is 4.57 Å². The Morgan fingerprint density at radius 3 is 2.40 bits per heavy atom. The van der Waals surface area contributed by atoms with Crippen molar-refractivity contribution in [1.29, 1.82) is 0 Å². The Bertz CT molecular complexity index is 995. The molecular formula is C10H17ClN3O13P3. The zero-order valence-corrected chi connectivity index (χ0v) is 18.2. The highest BCUT2D eigenvalue weighted by Gasteiger charge is 2.54. The van der Waals surface area contributed by atoms with Crippen molar-refractivity contribution in [2.24, 2.45) is 0 Å². The molecule has 0 saturated carbocycles. The zero-order chi connectivity index (χ0) is 23.1. The smallest absolute Gasteiger partial charge is 0.388 e. The maximum absolute atomic E-state index is 12.0. The SMILES string of the molecule is C[C@]1(Cl)C(n2ccc(N)nc2=O)O[C@H](COP(=O)(O)OP(=O)(O)OP(=O)(O)O)[C@H]1O. The number of phosphoric ester groups is 1. The van der Waals surface area contributed by atoms with E-state index in [9.17, 15) is 28.5 Å². The molecule has 0 radical (unpaired) electrons. The molecule has 0 bridgehead atoms. The lowest BCUT2D eigenvalue weighted by atomic mass is 10.0. The number of nitrogens with two attached hydrogens (primary N) is 1. The molecule has 20 heteroatoms. The van der Waals surface area contributed by atoms with E-state index in [1.54, 1.807) is 0 Å². The molecule has 30 heavy (non-hydrogen) atoms. The molecule has 0 aromatic carbocycles. The molecule has 3 unspecified atom stereocenters. The third-order valence-corrected chi connectivity index (χ3v) is 7.85. The van der Waals surface area contributed by atoms with E-state index in [1.807, 2.05) is 0 Å². The highest BCUT2D eigenvalue weighted by molar-refractivity contribution is 7.66. The van der Waals surface area contributed by atoms with Crippen LogP contribution in [-0.4, -0.2) is 57.9 Å². The molecule has 1 aromatic heterocycles. The van der Waals surface area contributed by atoms with Crippen LogP contribution in [-0.2, 0) is 31.6 Å². The summed E-state index contributed by atoms with van der Waals surface area (Å²) < 4.78 is 51.5. The maximum Gasteiger partial charge on any atom is 0.490 e. The molecule has 1 aliphatic heterocycles. The van der Waals surface area contributed by atoms with Crippen molar-refractivity contribution in [3.63, 3.8) is 0 Å². The number of nitrogen functional groups attached to an aromatic ring is 1. The van der Waals surface area contributed by atoms with Gasteiger partial charge in [0.05, 0.1) is 6.61 Å². The summed E-state index contributed by atoms with van der Waals surface area (Å²) in [7, 11) is -16.7. The summed E-state index contributed by atoms with van der Waals surface area (Å²) in [5, 5.41) is 10.3. The number of aromatic nitrogens is 2. The number of rotatable bonds is 8. The largest absolute Gasteiger partial charge is 0.490 e. The molecule has 1 saturated heterocycles. The van der Waals surface area contributed by atoms with Crippen LogP contribution in [0.25, 0.3) is 0 Å².